The summed E-state index contributed by atoms with van der Waals surface area (Å²) in [6.45, 7) is 2.57. The number of rotatable bonds is 5. The zero-order chi connectivity index (χ0) is 19.5. The van der Waals surface area contributed by atoms with Crippen molar-refractivity contribution in [2.24, 2.45) is 7.05 Å². The summed E-state index contributed by atoms with van der Waals surface area (Å²) in [4.78, 5) is 0. The molecule has 0 aliphatic carbocycles. The van der Waals surface area contributed by atoms with Gasteiger partial charge in [0.05, 0.1) is 6.61 Å². The van der Waals surface area contributed by atoms with Crippen LogP contribution in [0.3, 0.4) is 0 Å². The summed E-state index contributed by atoms with van der Waals surface area (Å²) in [5.41, 5.74) is 4.51. The number of hydrogen-bond donors (Lipinski definition) is 1. The number of nitrogens with one attached hydrogen (secondary N) is 1. The summed E-state index contributed by atoms with van der Waals surface area (Å²) >= 11 is 0. The van der Waals surface area contributed by atoms with Gasteiger partial charge >= 0.3 is 0 Å². The van der Waals surface area contributed by atoms with E-state index in [1.165, 1.54) is 0 Å². The zero-order valence-electron chi connectivity index (χ0n) is 15.4. The number of H-pyrrole nitrogens is 1. The fourth-order valence-electron chi connectivity index (χ4n) is 3.20. The van der Waals surface area contributed by atoms with Crippen molar-refractivity contribution in [3.05, 3.63) is 54.2 Å². The maximum Gasteiger partial charge on any atom is 0.223 e. The third kappa shape index (κ3) is 2.99. The van der Waals surface area contributed by atoms with Crippen molar-refractivity contribution in [2.45, 2.75) is 6.92 Å². The van der Waals surface area contributed by atoms with Crippen LogP contribution in [0.15, 0.2) is 48.5 Å². The number of benzene rings is 2. The predicted octanol–water partition coefficient (Wildman–Crippen LogP) is 3.20. The molecule has 0 bridgehead atoms. The second-order valence-corrected chi connectivity index (χ2v) is 6.05. The van der Waals surface area contributed by atoms with Crippen molar-refractivity contribution in [1.82, 2.24) is 30.4 Å². The fourth-order valence-corrected chi connectivity index (χ4v) is 3.20. The third-order valence-corrected chi connectivity index (χ3v) is 4.38. The normalized spacial score (nSPS) is 10.6. The summed E-state index contributed by atoms with van der Waals surface area (Å²) in [6.07, 6.45) is 0. The molecule has 2 aromatic carbocycles. The Labute approximate surface area is 161 Å². The minimum absolute atomic E-state index is 0.310. The largest absolute Gasteiger partial charge is 0.493 e. The first kappa shape index (κ1) is 17.4. The van der Waals surface area contributed by atoms with Gasteiger partial charge in [0, 0.05) is 18.2 Å². The van der Waals surface area contributed by atoms with Gasteiger partial charge in [-0.05, 0) is 29.3 Å². The smallest absolute Gasteiger partial charge is 0.223 e. The van der Waals surface area contributed by atoms with E-state index < -0.39 is 0 Å². The Morgan fingerprint density at radius 2 is 1.86 bits per heavy atom. The van der Waals surface area contributed by atoms with Crippen LogP contribution in [0.25, 0.3) is 33.8 Å². The van der Waals surface area contributed by atoms with E-state index in [2.05, 4.69) is 31.8 Å². The number of ether oxygens (including phenoxy) is 1. The van der Waals surface area contributed by atoms with Gasteiger partial charge in [-0.25, -0.2) is 0 Å². The first-order valence-corrected chi connectivity index (χ1v) is 8.76. The van der Waals surface area contributed by atoms with E-state index in [0.717, 1.165) is 22.4 Å². The second kappa shape index (κ2) is 7.32. The molecule has 0 fully saturated rings. The van der Waals surface area contributed by atoms with Gasteiger partial charge < -0.3 is 4.74 Å². The maximum atomic E-state index is 9.54. The molecule has 138 valence electrons. The lowest BCUT2D eigenvalue weighted by molar-refractivity contribution is 0.341. The molecule has 0 aliphatic heterocycles. The Morgan fingerprint density at radius 1 is 1.11 bits per heavy atom. The van der Waals surface area contributed by atoms with E-state index in [0.29, 0.717) is 29.4 Å². The molecule has 0 unspecified atom stereocenters. The first-order valence-electron chi connectivity index (χ1n) is 8.76. The van der Waals surface area contributed by atoms with Crippen LogP contribution in [-0.4, -0.2) is 37.0 Å². The van der Waals surface area contributed by atoms with Gasteiger partial charge in [0.1, 0.15) is 17.5 Å². The van der Waals surface area contributed by atoms with Gasteiger partial charge in [-0.2, -0.15) is 15.6 Å². The molecule has 0 saturated heterocycles. The van der Waals surface area contributed by atoms with Crippen molar-refractivity contribution in [2.75, 3.05) is 6.61 Å². The van der Waals surface area contributed by atoms with E-state index in [1.807, 2.05) is 55.5 Å². The fraction of sp³-hybridized carbons (Fsp3) is 0.150. The topological polar surface area (TPSA) is 105 Å². The molecular weight excluding hydrogens is 354 g/mol. The molecule has 8 heteroatoms. The van der Waals surface area contributed by atoms with Crippen molar-refractivity contribution in [1.29, 1.82) is 5.26 Å². The van der Waals surface area contributed by atoms with Crippen LogP contribution in [0.4, 0.5) is 0 Å². The summed E-state index contributed by atoms with van der Waals surface area (Å²) in [5.74, 6) is 1.22. The Bertz CT molecular complexity index is 1140. The zero-order valence-corrected chi connectivity index (χ0v) is 15.4. The van der Waals surface area contributed by atoms with Crippen LogP contribution >= 0.6 is 0 Å². The maximum absolute atomic E-state index is 9.54. The van der Waals surface area contributed by atoms with E-state index in [4.69, 9.17) is 4.74 Å². The molecule has 1 N–H and O–H groups in total. The minimum Gasteiger partial charge on any atom is -0.493 e. The van der Waals surface area contributed by atoms with Gasteiger partial charge in [-0.3, -0.25) is 4.68 Å². The minimum atomic E-state index is 0.310. The number of tetrazole rings is 1. The molecule has 0 atom stereocenters. The molecule has 28 heavy (non-hydrogen) atoms. The number of aryl methyl sites for hydroxylation is 1. The standard InChI is InChI=1S/C20H17N7O/c1-3-28-17-7-5-4-6-15(17)13-8-10-14(11-9-13)18-16(12-21)24-27(2)19(18)20-22-25-26-23-20/h4-11H,3H2,1-2H3,(H,22,23,25,26). The highest BCUT2D eigenvalue weighted by Gasteiger charge is 2.22. The summed E-state index contributed by atoms with van der Waals surface area (Å²) in [6, 6.07) is 18.0. The SMILES string of the molecule is CCOc1ccccc1-c1ccc(-c2c(C#N)nn(C)c2-c2nn[nH]n2)cc1. The van der Waals surface area contributed by atoms with E-state index in [9.17, 15) is 5.26 Å². The monoisotopic (exact) mass is 371 g/mol. The first-order chi connectivity index (χ1) is 13.7. The molecule has 2 aromatic heterocycles. The average molecular weight is 371 g/mol. The summed E-state index contributed by atoms with van der Waals surface area (Å²) < 4.78 is 7.33. The molecule has 0 saturated carbocycles. The van der Waals surface area contributed by atoms with Crippen molar-refractivity contribution in [3.63, 3.8) is 0 Å². The number of aromatic amines is 1. The van der Waals surface area contributed by atoms with Crippen molar-refractivity contribution in [3.8, 4) is 45.6 Å². The lowest BCUT2D eigenvalue weighted by Gasteiger charge is -2.11. The number of hydrogen-bond acceptors (Lipinski definition) is 6. The third-order valence-electron chi connectivity index (χ3n) is 4.38. The quantitative estimate of drug-likeness (QED) is 0.577. The average Bonchev–Trinajstić information content (AvgIpc) is 3.36. The Balaban J connectivity index is 1.80. The molecule has 2 heterocycles. The highest BCUT2D eigenvalue weighted by atomic mass is 16.5. The molecule has 4 aromatic rings. The van der Waals surface area contributed by atoms with Crippen LogP contribution in [-0.2, 0) is 7.05 Å². The Morgan fingerprint density at radius 3 is 2.54 bits per heavy atom. The van der Waals surface area contributed by atoms with Crippen LogP contribution in [0.1, 0.15) is 12.6 Å². The number of para-hydroxylation sites is 1. The van der Waals surface area contributed by atoms with E-state index in [-0.39, 0.29) is 0 Å². The number of nitrogens with zero attached hydrogens (tertiary/aromatic N) is 6. The van der Waals surface area contributed by atoms with E-state index >= 15 is 0 Å². The lowest BCUT2D eigenvalue weighted by atomic mass is 9.98. The van der Waals surface area contributed by atoms with Gasteiger partial charge in [0.15, 0.2) is 5.69 Å². The highest BCUT2D eigenvalue weighted by molar-refractivity contribution is 5.83. The van der Waals surface area contributed by atoms with Gasteiger partial charge in [0.25, 0.3) is 0 Å². The van der Waals surface area contributed by atoms with Crippen molar-refractivity contribution < 1.29 is 4.74 Å². The highest BCUT2D eigenvalue weighted by Crippen LogP contribution is 2.35. The second-order valence-electron chi connectivity index (χ2n) is 6.05. The lowest BCUT2D eigenvalue weighted by Crippen LogP contribution is -1.96. The summed E-state index contributed by atoms with van der Waals surface area (Å²) in [5, 5.41) is 28.0. The number of aromatic nitrogens is 6. The molecule has 0 amide bonds. The van der Waals surface area contributed by atoms with Gasteiger partial charge in [0.2, 0.25) is 5.82 Å². The molecule has 4 rings (SSSR count). The van der Waals surface area contributed by atoms with Gasteiger partial charge in [-0.1, -0.05) is 42.5 Å². The van der Waals surface area contributed by atoms with Crippen LogP contribution in [0.5, 0.6) is 5.75 Å². The molecule has 0 spiro atoms. The van der Waals surface area contributed by atoms with Crippen molar-refractivity contribution >= 4 is 0 Å². The predicted molar refractivity (Wildman–Crippen MR) is 103 cm³/mol. The molecule has 8 nitrogen and oxygen atoms in total. The number of nitriles is 1. The van der Waals surface area contributed by atoms with Crippen LogP contribution in [0, 0.1) is 11.3 Å². The van der Waals surface area contributed by atoms with Gasteiger partial charge in [-0.15, -0.1) is 10.2 Å². The summed E-state index contributed by atoms with van der Waals surface area (Å²) in [7, 11) is 1.75. The van der Waals surface area contributed by atoms with E-state index in [1.54, 1.807) is 11.7 Å². The Hall–Kier alpha value is -3.99. The Kier molecular flexibility index (Phi) is 4.56. The molecular formula is C20H17N7O. The van der Waals surface area contributed by atoms with Crippen LogP contribution in [0.2, 0.25) is 0 Å². The molecule has 0 radical (unpaired) electrons. The molecule has 0 aliphatic rings. The van der Waals surface area contributed by atoms with Crippen LogP contribution < -0.4 is 4.74 Å².